The molecule has 0 saturated carbocycles. The van der Waals surface area contributed by atoms with Crippen molar-refractivity contribution < 1.29 is 5.11 Å². The minimum absolute atomic E-state index is 0.621. The van der Waals surface area contributed by atoms with E-state index in [1.165, 1.54) is 17.8 Å². The van der Waals surface area contributed by atoms with Crippen molar-refractivity contribution in [3.8, 4) is 6.07 Å². The Kier molecular flexibility index (Phi) is 3.89. The number of nitriles is 1. The van der Waals surface area contributed by atoms with Crippen molar-refractivity contribution in [1.82, 2.24) is 4.98 Å². The van der Waals surface area contributed by atoms with E-state index >= 15 is 0 Å². The number of thioether (sulfide) groups is 1. The van der Waals surface area contributed by atoms with Gasteiger partial charge in [-0.3, -0.25) is 4.98 Å². The smallest absolute Gasteiger partial charge is 0.0921 e. The Morgan fingerprint density at radius 3 is 2.60 bits per heavy atom. The lowest BCUT2D eigenvalue weighted by Gasteiger charge is -2.19. The summed E-state index contributed by atoms with van der Waals surface area (Å²) >= 11 is 1.37. The van der Waals surface area contributed by atoms with Crippen LogP contribution >= 0.6 is 11.8 Å². The lowest BCUT2D eigenvalue weighted by Crippen LogP contribution is -2.19. The Morgan fingerprint density at radius 2 is 2.13 bits per heavy atom. The Bertz CT molecular complexity index is 387. The predicted molar refractivity (Wildman–Crippen MR) is 60.1 cm³/mol. The van der Waals surface area contributed by atoms with E-state index in [0.717, 1.165) is 4.90 Å². The highest BCUT2D eigenvalue weighted by Gasteiger charge is 2.20. The van der Waals surface area contributed by atoms with E-state index in [4.69, 9.17) is 5.26 Å². The van der Waals surface area contributed by atoms with Crippen molar-refractivity contribution in [2.45, 2.75) is 24.3 Å². The van der Waals surface area contributed by atoms with Crippen LogP contribution in [0.1, 0.15) is 13.8 Å². The lowest BCUT2D eigenvalue weighted by molar-refractivity contribution is 0.129. The highest BCUT2D eigenvalue weighted by molar-refractivity contribution is 8.03. The summed E-state index contributed by atoms with van der Waals surface area (Å²) < 4.78 is 0. The molecule has 0 bridgehead atoms. The maximum Gasteiger partial charge on any atom is 0.0921 e. The highest BCUT2D eigenvalue weighted by atomic mass is 32.2. The number of aromatic nitrogens is 1. The van der Waals surface area contributed by atoms with Crippen LogP contribution in [0.3, 0.4) is 0 Å². The zero-order valence-corrected chi connectivity index (χ0v) is 9.45. The van der Waals surface area contributed by atoms with Gasteiger partial charge < -0.3 is 5.11 Å². The summed E-state index contributed by atoms with van der Waals surface area (Å²) in [5, 5.41) is 18.4. The molecule has 1 N–H and O–H groups in total. The first-order chi connectivity index (χ1) is 7.04. The van der Waals surface area contributed by atoms with Gasteiger partial charge in [0.25, 0.3) is 0 Å². The van der Waals surface area contributed by atoms with Gasteiger partial charge in [0.15, 0.2) is 0 Å². The van der Waals surface area contributed by atoms with E-state index in [-0.39, 0.29) is 0 Å². The zero-order valence-electron chi connectivity index (χ0n) is 8.64. The summed E-state index contributed by atoms with van der Waals surface area (Å²) in [6.07, 6.45) is 4.72. The van der Waals surface area contributed by atoms with Crippen molar-refractivity contribution in [2.75, 3.05) is 0 Å². The molecule has 4 heteroatoms. The molecular weight excluding hydrogens is 208 g/mol. The molecule has 0 atom stereocenters. The van der Waals surface area contributed by atoms with Crippen molar-refractivity contribution in [3.63, 3.8) is 0 Å². The Labute approximate surface area is 93.5 Å². The van der Waals surface area contributed by atoms with Gasteiger partial charge in [-0.25, -0.2) is 0 Å². The van der Waals surface area contributed by atoms with Gasteiger partial charge >= 0.3 is 0 Å². The van der Waals surface area contributed by atoms with Crippen LogP contribution in [0, 0.1) is 11.3 Å². The summed E-state index contributed by atoms with van der Waals surface area (Å²) in [5.74, 6) is 0. The lowest BCUT2D eigenvalue weighted by atomic mass is 10.1. The molecule has 1 rings (SSSR count). The third-order valence-corrected chi connectivity index (χ3v) is 3.02. The molecule has 0 amide bonds. The fourth-order valence-electron chi connectivity index (χ4n) is 0.923. The summed E-state index contributed by atoms with van der Waals surface area (Å²) in [4.78, 5) is 5.47. The quantitative estimate of drug-likeness (QED) is 0.627. The first-order valence-electron chi connectivity index (χ1n) is 4.44. The largest absolute Gasteiger partial charge is 0.385 e. The number of rotatable bonds is 3. The number of hydrogen-bond donors (Lipinski definition) is 1. The summed E-state index contributed by atoms with van der Waals surface area (Å²) in [5.41, 5.74) is -0.996. The minimum atomic E-state index is -0.996. The van der Waals surface area contributed by atoms with Crippen LogP contribution in [0.5, 0.6) is 0 Å². The number of pyridine rings is 1. The first kappa shape index (κ1) is 11.8. The molecule has 0 fully saturated rings. The van der Waals surface area contributed by atoms with Crippen LogP contribution in [-0.2, 0) is 0 Å². The second kappa shape index (κ2) is 4.96. The molecule has 0 radical (unpaired) electrons. The standard InChI is InChI=1S/C11H12N2OS/c1-11(2,14)10(3-6-12)15-9-4-7-13-8-5-9/h3-5,7-8,14H,1-2H3/b10-3-. The van der Waals surface area contributed by atoms with Crippen LogP contribution in [0.25, 0.3) is 0 Å². The summed E-state index contributed by atoms with van der Waals surface area (Å²) in [6.45, 7) is 3.31. The van der Waals surface area contributed by atoms with Crippen LogP contribution in [0.15, 0.2) is 40.4 Å². The van der Waals surface area contributed by atoms with Gasteiger partial charge in [0.1, 0.15) is 0 Å². The Morgan fingerprint density at radius 1 is 1.53 bits per heavy atom. The first-order valence-corrected chi connectivity index (χ1v) is 5.26. The molecule has 0 aliphatic heterocycles. The van der Waals surface area contributed by atoms with Crippen LogP contribution < -0.4 is 0 Å². The van der Waals surface area contributed by atoms with Gasteiger partial charge in [0.2, 0.25) is 0 Å². The van der Waals surface area contributed by atoms with E-state index < -0.39 is 5.60 Å². The summed E-state index contributed by atoms with van der Waals surface area (Å²) in [7, 11) is 0. The average molecular weight is 220 g/mol. The molecule has 0 spiro atoms. The molecule has 1 heterocycles. The van der Waals surface area contributed by atoms with Crippen LogP contribution in [0.4, 0.5) is 0 Å². The average Bonchev–Trinajstić information content (AvgIpc) is 2.17. The van der Waals surface area contributed by atoms with Crippen molar-refractivity contribution in [2.24, 2.45) is 0 Å². The third-order valence-electron chi connectivity index (χ3n) is 1.68. The fourth-order valence-corrected chi connectivity index (χ4v) is 1.80. The molecule has 0 aromatic carbocycles. The van der Waals surface area contributed by atoms with Gasteiger partial charge in [0, 0.05) is 28.3 Å². The topological polar surface area (TPSA) is 56.9 Å². The van der Waals surface area contributed by atoms with Crippen molar-refractivity contribution in [3.05, 3.63) is 35.5 Å². The van der Waals surface area contributed by atoms with Gasteiger partial charge in [-0.1, -0.05) is 11.8 Å². The predicted octanol–water partition coefficient (Wildman–Crippen LogP) is 2.35. The number of nitrogens with zero attached hydrogens (tertiary/aromatic N) is 2. The highest BCUT2D eigenvalue weighted by Crippen LogP contribution is 2.33. The SMILES string of the molecule is CC(C)(O)/C(=C/C#N)Sc1ccncc1. The molecular formula is C11H12N2OS. The minimum Gasteiger partial charge on any atom is -0.385 e. The maximum absolute atomic E-state index is 9.81. The normalized spacial score (nSPS) is 12.3. The van der Waals surface area contributed by atoms with E-state index in [1.54, 1.807) is 26.2 Å². The molecule has 0 aliphatic rings. The molecule has 0 saturated heterocycles. The van der Waals surface area contributed by atoms with E-state index in [1.807, 2.05) is 18.2 Å². The third kappa shape index (κ3) is 3.74. The number of aliphatic hydroxyl groups is 1. The molecule has 0 unspecified atom stereocenters. The Balaban J connectivity index is 2.88. The maximum atomic E-state index is 9.81. The summed E-state index contributed by atoms with van der Waals surface area (Å²) in [6, 6.07) is 5.61. The van der Waals surface area contributed by atoms with Crippen LogP contribution in [0.2, 0.25) is 0 Å². The Hall–Kier alpha value is -1.31. The molecule has 3 nitrogen and oxygen atoms in total. The van der Waals surface area contributed by atoms with Crippen molar-refractivity contribution in [1.29, 1.82) is 5.26 Å². The van der Waals surface area contributed by atoms with Crippen LogP contribution in [-0.4, -0.2) is 15.7 Å². The van der Waals surface area contributed by atoms with Gasteiger partial charge in [-0.2, -0.15) is 5.26 Å². The van der Waals surface area contributed by atoms with Gasteiger partial charge in [-0.05, 0) is 26.0 Å². The monoisotopic (exact) mass is 220 g/mol. The molecule has 1 aromatic heterocycles. The zero-order chi connectivity index (χ0) is 11.3. The molecule has 0 aliphatic carbocycles. The van der Waals surface area contributed by atoms with Crippen molar-refractivity contribution >= 4 is 11.8 Å². The number of allylic oxidation sites excluding steroid dienone is 1. The van der Waals surface area contributed by atoms with Gasteiger partial charge in [-0.15, -0.1) is 0 Å². The molecule has 78 valence electrons. The second-order valence-corrected chi connectivity index (χ2v) is 4.60. The van der Waals surface area contributed by atoms with E-state index in [9.17, 15) is 5.11 Å². The molecule has 15 heavy (non-hydrogen) atoms. The molecule has 1 aromatic rings. The van der Waals surface area contributed by atoms with E-state index in [0.29, 0.717) is 4.91 Å². The van der Waals surface area contributed by atoms with E-state index in [2.05, 4.69) is 4.98 Å². The fraction of sp³-hybridized carbons (Fsp3) is 0.273. The second-order valence-electron chi connectivity index (χ2n) is 3.48. The van der Waals surface area contributed by atoms with Gasteiger partial charge in [0.05, 0.1) is 11.7 Å². The number of hydrogen-bond acceptors (Lipinski definition) is 4.